The molecule has 0 fully saturated rings. The van der Waals surface area contributed by atoms with Gasteiger partial charge in [-0.3, -0.25) is 0 Å². The van der Waals surface area contributed by atoms with Gasteiger partial charge in [-0.2, -0.15) is 0 Å². The van der Waals surface area contributed by atoms with E-state index in [1.807, 2.05) is 0 Å². The lowest BCUT2D eigenvalue weighted by molar-refractivity contribution is 0.598. The molecule has 0 heterocycles. The molecule has 0 unspecified atom stereocenters. The van der Waals surface area contributed by atoms with Crippen LogP contribution in [0.3, 0.4) is 0 Å². The molecular formula is C14H12FNO2S. The molecule has 2 aromatic rings. The van der Waals surface area contributed by atoms with Crippen molar-refractivity contribution in [1.29, 1.82) is 0 Å². The monoisotopic (exact) mass is 277 g/mol. The SMILES string of the molecule is NS(=O)(=O)c1ccc(/C=C/c2ccccc2F)cc1. The molecule has 98 valence electrons. The maximum Gasteiger partial charge on any atom is 0.238 e. The average Bonchev–Trinajstić information content (AvgIpc) is 2.37. The van der Waals surface area contributed by atoms with Crippen LogP contribution < -0.4 is 5.14 Å². The quantitative estimate of drug-likeness (QED) is 0.877. The van der Waals surface area contributed by atoms with Gasteiger partial charge in [-0.25, -0.2) is 17.9 Å². The van der Waals surface area contributed by atoms with Crippen molar-refractivity contribution in [2.24, 2.45) is 5.14 Å². The van der Waals surface area contributed by atoms with Crippen LogP contribution in [0.2, 0.25) is 0 Å². The van der Waals surface area contributed by atoms with Crippen LogP contribution in [-0.4, -0.2) is 8.42 Å². The molecule has 0 spiro atoms. The van der Waals surface area contributed by atoms with E-state index in [4.69, 9.17) is 5.14 Å². The van der Waals surface area contributed by atoms with Gasteiger partial charge in [0, 0.05) is 5.56 Å². The molecule has 0 radical (unpaired) electrons. The lowest BCUT2D eigenvalue weighted by Crippen LogP contribution is -2.11. The van der Waals surface area contributed by atoms with E-state index < -0.39 is 10.0 Å². The minimum atomic E-state index is -3.68. The Morgan fingerprint density at radius 1 is 0.947 bits per heavy atom. The van der Waals surface area contributed by atoms with Crippen LogP contribution in [-0.2, 0) is 10.0 Å². The molecule has 0 aliphatic heterocycles. The third-order valence-corrected chi connectivity index (χ3v) is 3.50. The van der Waals surface area contributed by atoms with E-state index in [2.05, 4.69) is 0 Å². The van der Waals surface area contributed by atoms with Gasteiger partial charge in [-0.15, -0.1) is 0 Å². The number of benzene rings is 2. The number of halogens is 1. The number of hydrogen-bond donors (Lipinski definition) is 1. The Bertz CT molecular complexity index is 706. The normalized spacial score (nSPS) is 11.9. The molecule has 0 saturated heterocycles. The molecule has 3 nitrogen and oxygen atoms in total. The first-order chi connectivity index (χ1) is 8.97. The highest BCUT2D eigenvalue weighted by molar-refractivity contribution is 7.89. The number of sulfonamides is 1. The van der Waals surface area contributed by atoms with Gasteiger partial charge in [0.15, 0.2) is 0 Å². The molecule has 0 aliphatic rings. The smallest absolute Gasteiger partial charge is 0.225 e. The summed E-state index contributed by atoms with van der Waals surface area (Å²) in [5, 5.41) is 5.00. The lowest BCUT2D eigenvalue weighted by atomic mass is 10.1. The summed E-state index contributed by atoms with van der Waals surface area (Å²) in [6.07, 6.45) is 3.33. The van der Waals surface area contributed by atoms with E-state index in [1.54, 1.807) is 42.5 Å². The number of hydrogen-bond acceptors (Lipinski definition) is 2. The Labute approximate surface area is 111 Å². The summed E-state index contributed by atoms with van der Waals surface area (Å²) in [7, 11) is -3.68. The number of rotatable bonds is 3. The second-order valence-electron chi connectivity index (χ2n) is 3.97. The Balaban J connectivity index is 2.23. The summed E-state index contributed by atoms with van der Waals surface area (Å²) in [4.78, 5) is 0.0514. The molecule has 2 aromatic carbocycles. The molecule has 2 rings (SSSR count). The minimum Gasteiger partial charge on any atom is -0.225 e. The summed E-state index contributed by atoms with van der Waals surface area (Å²) >= 11 is 0. The summed E-state index contributed by atoms with van der Waals surface area (Å²) in [6, 6.07) is 12.4. The minimum absolute atomic E-state index is 0.0514. The van der Waals surface area contributed by atoms with Crippen molar-refractivity contribution in [3.63, 3.8) is 0 Å². The van der Waals surface area contributed by atoms with Crippen molar-refractivity contribution in [1.82, 2.24) is 0 Å². The highest BCUT2D eigenvalue weighted by Gasteiger charge is 2.05. The van der Waals surface area contributed by atoms with Crippen molar-refractivity contribution in [2.75, 3.05) is 0 Å². The van der Waals surface area contributed by atoms with Crippen molar-refractivity contribution < 1.29 is 12.8 Å². The third-order valence-electron chi connectivity index (χ3n) is 2.57. The zero-order valence-corrected chi connectivity index (χ0v) is 10.8. The molecule has 19 heavy (non-hydrogen) atoms. The zero-order chi connectivity index (χ0) is 13.9. The Morgan fingerprint density at radius 3 is 2.16 bits per heavy atom. The topological polar surface area (TPSA) is 60.2 Å². The molecule has 0 aliphatic carbocycles. The Hall–Kier alpha value is -1.98. The fourth-order valence-corrected chi connectivity index (χ4v) is 2.08. The van der Waals surface area contributed by atoms with E-state index in [0.29, 0.717) is 5.56 Å². The third kappa shape index (κ3) is 3.49. The van der Waals surface area contributed by atoms with Gasteiger partial charge in [-0.1, -0.05) is 42.5 Å². The van der Waals surface area contributed by atoms with Gasteiger partial charge < -0.3 is 0 Å². The van der Waals surface area contributed by atoms with E-state index in [0.717, 1.165) is 5.56 Å². The summed E-state index contributed by atoms with van der Waals surface area (Å²) in [5.41, 5.74) is 1.23. The molecule has 0 aromatic heterocycles. The van der Waals surface area contributed by atoms with Crippen molar-refractivity contribution >= 4 is 22.2 Å². The van der Waals surface area contributed by atoms with Crippen molar-refractivity contribution in [2.45, 2.75) is 4.90 Å². The predicted molar refractivity (Wildman–Crippen MR) is 73.1 cm³/mol. The van der Waals surface area contributed by atoms with Crippen LogP contribution in [0.5, 0.6) is 0 Å². The van der Waals surface area contributed by atoms with Gasteiger partial charge in [0.1, 0.15) is 5.82 Å². The largest absolute Gasteiger partial charge is 0.238 e. The van der Waals surface area contributed by atoms with Crippen molar-refractivity contribution in [3.8, 4) is 0 Å². The van der Waals surface area contributed by atoms with Gasteiger partial charge in [0.05, 0.1) is 4.90 Å². The van der Waals surface area contributed by atoms with Gasteiger partial charge in [0.2, 0.25) is 10.0 Å². The molecule has 0 bridgehead atoms. The van der Waals surface area contributed by atoms with E-state index in [-0.39, 0.29) is 10.7 Å². The Morgan fingerprint density at radius 2 is 1.58 bits per heavy atom. The zero-order valence-electron chi connectivity index (χ0n) is 9.95. The second kappa shape index (κ2) is 5.34. The maximum atomic E-state index is 13.4. The van der Waals surface area contributed by atoms with E-state index in [9.17, 15) is 12.8 Å². The first-order valence-corrected chi connectivity index (χ1v) is 7.07. The molecule has 2 N–H and O–H groups in total. The predicted octanol–water partition coefficient (Wildman–Crippen LogP) is 2.64. The van der Waals surface area contributed by atoms with Gasteiger partial charge in [0.25, 0.3) is 0 Å². The number of nitrogens with two attached hydrogens (primary N) is 1. The maximum absolute atomic E-state index is 13.4. The standard InChI is InChI=1S/C14H12FNO2S/c15-14-4-2-1-3-12(14)8-5-11-6-9-13(10-7-11)19(16,17)18/h1-10H,(H2,16,17,18)/b8-5+. The average molecular weight is 277 g/mol. The molecule has 5 heteroatoms. The van der Waals surface area contributed by atoms with Crippen LogP contribution in [0.15, 0.2) is 53.4 Å². The van der Waals surface area contributed by atoms with Gasteiger partial charge >= 0.3 is 0 Å². The second-order valence-corrected chi connectivity index (χ2v) is 5.53. The molecule has 0 saturated carbocycles. The lowest BCUT2D eigenvalue weighted by Gasteiger charge is -1.99. The first-order valence-electron chi connectivity index (χ1n) is 5.52. The van der Waals surface area contributed by atoms with Crippen molar-refractivity contribution in [3.05, 3.63) is 65.5 Å². The molecule has 0 atom stereocenters. The highest BCUT2D eigenvalue weighted by atomic mass is 32.2. The van der Waals surface area contributed by atoms with Crippen LogP contribution in [0.1, 0.15) is 11.1 Å². The van der Waals surface area contributed by atoms with E-state index in [1.165, 1.54) is 18.2 Å². The molecule has 0 amide bonds. The van der Waals surface area contributed by atoms with Gasteiger partial charge in [-0.05, 0) is 23.8 Å². The first kappa shape index (κ1) is 13.5. The van der Waals surface area contributed by atoms with Crippen LogP contribution in [0.4, 0.5) is 4.39 Å². The Kier molecular flexibility index (Phi) is 3.78. The van der Waals surface area contributed by atoms with Crippen LogP contribution in [0.25, 0.3) is 12.2 Å². The van der Waals surface area contributed by atoms with E-state index >= 15 is 0 Å². The fraction of sp³-hybridized carbons (Fsp3) is 0. The molecular weight excluding hydrogens is 265 g/mol. The van der Waals surface area contributed by atoms with Crippen LogP contribution >= 0.6 is 0 Å². The van der Waals surface area contributed by atoms with Crippen LogP contribution in [0, 0.1) is 5.82 Å². The summed E-state index contributed by atoms with van der Waals surface area (Å²) in [5.74, 6) is -0.306. The summed E-state index contributed by atoms with van der Waals surface area (Å²) < 4.78 is 35.5. The highest BCUT2D eigenvalue weighted by Crippen LogP contribution is 2.13. The number of primary sulfonamides is 1. The fourth-order valence-electron chi connectivity index (χ4n) is 1.56. The summed E-state index contributed by atoms with van der Waals surface area (Å²) in [6.45, 7) is 0.